The summed E-state index contributed by atoms with van der Waals surface area (Å²) >= 11 is 0. The van der Waals surface area contributed by atoms with Gasteiger partial charge in [0.25, 0.3) is 5.91 Å². The third-order valence-corrected chi connectivity index (χ3v) is 5.08. The molecule has 1 fully saturated rings. The van der Waals surface area contributed by atoms with Gasteiger partial charge in [-0.1, -0.05) is 0 Å². The minimum absolute atomic E-state index is 0.0356. The van der Waals surface area contributed by atoms with Gasteiger partial charge in [0.1, 0.15) is 5.69 Å². The Bertz CT molecular complexity index is 1080. The molecule has 4 rings (SSSR count). The molecule has 1 saturated carbocycles. The summed E-state index contributed by atoms with van der Waals surface area (Å²) < 4.78 is 43.1. The third-order valence-electron chi connectivity index (χ3n) is 5.08. The van der Waals surface area contributed by atoms with E-state index < -0.39 is 17.8 Å². The van der Waals surface area contributed by atoms with Crippen molar-refractivity contribution >= 4 is 11.6 Å². The number of amides is 1. The largest absolute Gasteiger partial charge is 0.433 e. The second-order valence-corrected chi connectivity index (χ2v) is 7.39. The van der Waals surface area contributed by atoms with Crippen LogP contribution in [0.2, 0.25) is 0 Å². The number of hydrogen-bond acceptors (Lipinski definition) is 4. The quantitative estimate of drug-likeness (QED) is 0.651. The summed E-state index contributed by atoms with van der Waals surface area (Å²) in [6, 6.07) is 2.36. The van der Waals surface area contributed by atoms with Crippen molar-refractivity contribution < 1.29 is 18.0 Å². The van der Waals surface area contributed by atoms with Gasteiger partial charge in [-0.05, 0) is 32.8 Å². The summed E-state index contributed by atoms with van der Waals surface area (Å²) in [5.74, 6) is -0.420. The van der Waals surface area contributed by atoms with Crippen LogP contribution in [0.5, 0.6) is 0 Å². The summed E-state index contributed by atoms with van der Waals surface area (Å²) in [5.41, 5.74) is 1.13. The SMILES string of the molecule is CCn1cc(CN(C)C(=O)c2cc3nc(C4CC4)cc(C(F)(F)F)n3n2)c(C)n1. The Hall–Kier alpha value is -2.91. The second kappa shape index (κ2) is 6.85. The predicted molar refractivity (Wildman–Crippen MR) is 98.4 cm³/mol. The Morgan fingerprint density at radius 2 is 2.00 bits per heavy atom. The van der Waals surface area contributed by atoms with E-state index in [0.717, 1.165) is 30.2 Å². The van der Waals surface area contributed by atoms with Gasteiger partial charge in [-0.2, -0.15) is 23.4 Å². The van der Waals surface area contributed by atoms with E-state index in [2.05, 4.69) is 15.2 Å². The Kier molecular flexibility index (Phi) is 4.59. The first-order chi connectivity index (χ1) is 13.7. The maximum Gasteiger partial charge on any atom is 0.433 e. The van der Waals surface area contributed by atoms with Crippen LogP contribution in [-0.2, 0) is 19.3 Å². The zero-order valence-electron chi connectivity index (χ0n) is 16.4. The lowest BCUT2D eigenvalue weighted by Gasteiger charge is -2.15. The molecule has 10 heteroatoms. The maximum atomic E-state index is 13.5. The van der Waals surface area contributed by atoms with Crippen LogP contribution in [0.25, 0.3) is 5.65 Å². The molecule has 3 aromatic rings. The van der Waals surface area contributed by atoms with Crippen molar-refractivity contribution in [2.45, 2.75) is 51.9 Å². The molecule has 3 aromatic heterocycles. The normalized spacial score (nSPS) is 14.6. The zero-order valence-corrected chi connectivity index (χ0v) is 16.4. The summed E-state index contributed by atoms with van der Waals surface area (Å²) in [6.07, 6.45) is -1.08. The van der Waals surface area contributed by atoms with Crippen LogP contribution in [-0.4, -0.2) is 42.2 Å². The fraction of sp³-hybridized carbons (Fsp3) is 0.474. The minimum atomic E-state index is -4.59. The average molecular weight is 406 g/mol. The van der Waals surface area contributed by atoms with E-state index in [4.69, 9.17) is 0 Å². The number of carbonyl (C=O) groups is 1. The molecule has 3 heterocycles. The van der Waals surface area contributed by atoms with E-state index in [0.29, 0.717) is 16.8 Å². The lowest BCUT2D eigenvalue weighted by Crippen LogP contribution is -2.27. The number of alkyl halides is 3. The lowest BCUT2D eigenvalue weighted by molar-refractivity contribution is -0.142. The molecule has 154 valence electrons. The highest BCUT2D eigenvalue weighted by Crippen LogP contribution is 2.41. The Labute approximate surface area is 165 Å². The highest BCUT2D eigenvalue weighted by molar-refractivity contribution is 5.93. The number of rotatable bonds is 5. The number of nitrogens with zero attached hydrogens (tertiary/aromatic N) is 6. The molecule has 1 amide bonds. The molecular weight excluding hydrogens is 385 g/mol. The van der Waals surface area contributed by atoms with Gasteiger partial charge in [0.05, 0.1) is 5.69 Å². The molecule has 0 saturated heterocycles. The van der Waals surface area contributed by atoms with Gasteiger partial charge in [0, 0.05) is 49.6 Å². The summed E-state index contributed by atoms with van der Waals surface area (Å²) in [7, 11) is 1.59. The lowest BCUT2D eigenvalue weighted by atomic mass is 10.2. The van der Waals surface area contributed by atoms with E-state index >= 15 is 0 Å². The molecule has 1 aliphatic rings. The van der Waals surface area contributed by atoms with Crippen LogP contribution in [0, 0.1) is 6.92 Å². The molecule has 0 atom stereocenters. The number of aryl methyl sites for hydroxylation is 2. The predicted octanol–water partition coefficient (Wildman–Crippen LogP) is 3.42. The first kappa shape index (κ1) is 19.4. The molecule has 0 spiro atoms. The van der Waals surface area contributed by atoms with Crippen LogP contribution in [0.3, 0.4) is 0 Å². The van der Waals surface area contributed by atoms with Crippen molar-refractivity contribution in [1.29, 1.82) is 0 Å². The van der Waals surface area contributed by atoms with Gasteiger partial charge in [-0.25, -0.2) is 9.50 Å². The van der Waals surface area contributed by atoms with Gasteiger partial charge >= 0.3 is 6.18 Å². The number of halogens is 3. The van der Waals surface area contributed by atoms with Crippen LogP contribution < -0.4 is 0 Å². The molecule has 0 N–H and O–H groups in total. The summed E-state index contributed by atoms with van der Waals surface area (Å²) in [4.78, 5) is 18.5. The fourth-order valence-corrected chi connectivity index (χ4v) is 3.29. The Balaban J connectivity index is 1.66. The van der Waals surface area contributed by atoms with Crippen molar-refractivity contribution in [3.63, 3.8) is 0 Å². The van der Waals surface area contributed by atoms with Gasteiger partial charge in [0.2, 0.25) is 0 Å². The number of carbonyl (C=O) groups excluding carboxylic acids is 1. The standard InChI is InChI=1S/C19H21F3N6O/c1-4-27-10-13(11(2)24-27)9-26(3)18(29)15-8-17-23-14(12-5-6-12)7-16(19(20,21)22)28(17)25-15/h7-8,10,12H,4-6,9H2,1-3H3. The molecule has 0 bridgehead atoms. The van der Waals surface area contributed by atoms with E-state index in [1.165, 1.54) is 11.0 Å². The van der Waals surface area contributed by atoms with Crippen molar-refractivity contribution in [1.82, 2.24) is 29.3 Å². The highest BCUT2D eigenvalue weighted by Gasteiger charge is 2.37. The van der Waals surface area contributed by atoms with Crippen molar-refractivity contribution in [3.05, 3.63) is 46.7 Å². The molecule has 0 unspecified atom stereocenters. The smallest absolute Gasteiger partial charge is 0.336 e. The van der Waals surface area contributed by atoms with Gasteiger partial charge in [-0.15, -0.1) is 0 Å². The summed E-state index contributed by atoms with van der Waals surface area (Å²) in [5, 5.41) is 8.27. The fourth-order valence-electron chi connectivity index (χ4n) is 3.29. The zero-order chi connectivity index (χ0) is 20.9. The third kappa shape index (κ3) is 3.70. The number of hydrogen-bond donors (Lipinski definition) is 0. The van der Waals surface area contributed by atoms with Crippen molar-refractivity contribution in [2.75, 3.05) is 7.05 Å². The summed E-state index contributed by atoms with van der Waals surface area (Å²) in [6.45, 7) is 4.80. The average Bonchev–Trinajstić information content (AvgIpc) is 3.33. The molecular formula is C19H21F3N6O. The van der Waals surface area contributed by atoms with Crippen LogP contribution >= 0.6 is 0 Å². The van der Waals surface area contributed by atoms with Crippen molar-refractivity contribution in [3.8, 4) is 0 Å². The Morgan fingerprint density at radius 1 is 1.28 bits per heavy atom. The molecule has 1 aliphatic carbocycles. The molecule has 29 heavy (non-hydrogen) atoms. The first-order valence-corrected chi connectivity index (χ1v) is 9.43. The maximum absolute atomic E-state index is 13.5. The van der Waals surface area contributed by atoms with Gasteiger partial charge in [-0.3, -0.25) is 9.48 Å². The monoisotopic (exact) mass is 406 g/mol. The first-order valence-electron chi connectivity index (χ1n) is 9.43. The van der Waals surface area contributed by atoms with E-state index in [1.807, 2.05) is 20.0 Å². The van der Waals surface area contributed by atoms with Crippen LogP contribution in [0.15, 0.2) is 18.3 Å². The highest BCUT2D eigenvalue weighted by atomic mass is 19.4. The van der Waals surface area contributed by atoms with Gasteiger partial charge < -0.3 is 4.90 Å². The van der Waals surface area contributed by atoms with Crippen molar-refractivity contribution in [2.24, 2.45) is 0 Å². The molecule has 0 aliphatic heterocycles. The van der Waals surface area contributed by atoms with E-state index in [1.54, 1.807) is 11.7 Å². The number of aromatic nitrogens is 5. The molecule has 7 nitrogen and oxygen atoms in total. The van der Waals surface area contributed by atoms with E-state index in [-0.39, 0.29) is 23.8 Å². The minimum Gasteiger partial charge on any atom is -0.336 e. The van der Waals surface area contributed by atoms with Crippen LogP contribution in [0.4, 0.5) is 13.2 Å². The molecule has 0 aromatic carbocycles. The topological polar surface area (TPSA) is 68.3 Å². The van der Waals surface area contributed by atoms with E-state index in [9.17, 15) is 18.0 Å². The van der Waals surface area contributed by atoms with Gasteiger partial charge in [0.15, 0.2) is 11.3 Å². The Morgan fingerprint density at radius 3 is 2.59 bits per heavy atom. The van der Waals surface area contributed by atoms with Crippen LogP contribution in [0.1, 0.15) is 58.8 Å². The number of fused-ring (bicyclic) bond motifs is 1. The second-order valence-electron chi connectivity index (χ2n) is 7.39. The molecule has 0 radical (unpaired) electrons.